The van der Waals surface area contributed by atoms with E-state index < -0.39 is 17.4 Å². The largest absolute Gasteiger partial charge is 0.465 e. The van der Waals surface area contributed by atoms with Gasteiger partial charge in [-0.25, -0.2) is 0 Å². The van der Waals surface area contributed by atoms with E-state index in [0.29, 0.717) is 5.56 Å². The van der Waals surface area contributed by atoms with Crippen LogP contribution in [0.2, 0.25) is 0 Å². The molecule has 0 atom stereocenters. The normalized spacial score (nSPS) is 16.2. The smallest absolute Gasteiger partial charge is 0.328 e. The Kier molecular flexibility index (Phi) is 6.83. The molecule has 0 N–H and O–H groups in total. The summed E-state index contributed by atoms with van der Waals surface area (Å²) in [6, 6.07) is 9.30. The fourth-order valence-electron chi connectivity index (χ4n) is 3.79. The van der Waals surface area contributed by atoms with Gasteiger partial charge >= 0.3 is 11.9 Å². The summed E-state index contributed by atoms with van der Waals surface area (Å²) in [6.45, 7) is 4.04. The molecule has 4 nitrogen and oxygen atoms in total. The van der Waals surface area contributed by atoms with E-state index in [2.05, 4.69) is 0 Å². The van der Waals surface area contributed by atoms with Crippen molar-refractivity contribution < 1.29 is 19.1 Å². The quantitative estimate of drug-likeness (QED) is 0.448. The van der Waals surface area contributed by atoms with Crippen LogP contribution in [0.15, 0.2) is 30.3 Å². The van der Waals surface area contributed by atoms with Gasteiger partial charge < -0.3 is 9.47 Å². The lowest BCUT2D eigenvalue weighted by molar-refractivity contribution is -0.168. The molecular formula is C20H28O4. The first-order valence-corrected chi connectivity index (χ1v) is 9.07. The average molecular weight is 332 g/mol. The predicted octanol–water partition coefficient (Wildman–Crippen LogP) is 4.02. The second kappa shape index (κ2) is 8.86. The number of hydrogen-bond acceptors (Lipinski definition) is 4. The van der Waals surface area contributed by atoms with Gasteiger partial charge in [0.2, 0.25) is 0 Å². The summed E-state index contributed by atoms with van der Waals surface area (Å²) < 4.78 is 10.8. The topological polar surface area (TPSA) is 52.6 Å². The molecule has 0 bridgehead atoms. The molecule has 1 aliphatic carbocycles. The van der Waals surface area contributed by atoms with Crippen LogP contribution in [0.5, 0.6) is 0 Å². The number of carbonyl (C=O) groups is 2. The van der Waals surface area contributed by atoms with Crippen LogP contribution in [0.25, 0.3) is 0 Å². The minimum Gasteiger partial charge on any atom is -0.465 e. The second-order valence-corrected chi connectivity index (χ2v) is 6.30. The molecular weight excluding hydrogens is 304 g/mol. The SMILES string of the molecule is CCOC(=O)C(C(=O)OCC)(c1ccccc1)C1CCCCCC1. The third-order valence-corrected chi connectivity index (χ3v) is 4.89. The van der Waals surface area contributed by atoms with Crippen LogP contribution in [-0.2, 0) is 24.5 Å². The van der Waals surface area contributed by atoms with Gasteiger partial charge in [-0.1, -0.05) is 56.0 Å². The van der Waals surface area contributed by atoms with Crippen LogP contribution in [0.4, 0.5) is 0 Å². The predicted molar refractivity (Wildman–Crippen MR) is 92.6 cm³/mol. The molecule has 1 fully saturated rings. The third-order valence-electron chi connectivity index (χ3n) is 4.89. The van der Waals surface area contributed by atoms with Crippen LogP contribution >= 0.6 is 0 Å². The molecule has 0 spiro atoms. The highest BCUT2D eigenvalue weighted by Crippen LogP contribution is 2.42. The van der Waals surface area contributed by atoms with Crippen molar-refractivity contribution in [3.63, 3.8) is 0 Å². The maximum absolute atomic E-state index is 13.1. The van der Waals surface area contributed by atoms with Crippen LogP contribution < -0.4 is 0 Å². The van der Waals surface area contributed by atoms with Crippen molar-refractivity contribution in [2.45, 2.75) is 57.8 Å². The minimum absolute atomic E-state index is 0.0829. The Hall–Kier alpha value is -1.84. The molecule has 1 aromatic carbocycles. The zero-order chi connectivity index (χ0) is 17.4. The summed E-state index contributed by atoms with van der Waals surface area (Å²) in [5.41, 5.74) is -0.661. The average Bonchev–Trinajstić information content (AvgIpc) is 2.87. The van der Waals surface area contributed by atoms with Gasteiger partial charge in [0.05, 0.1) is 13.2 Å². The summed E-state index contributed by atoms with van der Waals surface area (Å²) in [5, 5.41) is 0. The molecule has 4 heteroatoms. The standard InChI is InChI=1S/C20H28O4/c1-3-23-18(21)20(19(22)24-4-2,17-14-10-7-11-15-17)16-12-8-5-6-9-13-16/h7,10-11,14-16H,3-6,8-9,12-13H2,1-2H3. The first kappa shape index (κ1) is 18.5. The van der Waals surface area contributed by atoms with Gasteiger partial charge in [-0.05, 0) is 38.2 Å². The van der Waals surface area contributed by atoms with E-state index >= 15 is 0 Å². The highest BCUT2D eigenvalue weighted by Gasteiger charge is 2.55. The van der Waals surface area contributed by atoms with E-state index in [4.69, 9.17) is 9.47 Å². The Labute approximate surface area is 144 Å². The molecule has 132 valence electrons. The maximum Gasteiger partial charge on any atom is 0.328 e. The fourth-order valence-corrected chi connectivity index (χ4v) is 3.79. The van der Waals surface area contributed by atoms with Gasteiger partial charge in [0.25, 0.3) is 0 Å². The van der Waals surface area contributed by atoms with Crippen LogP contribution in [-0.4, -0.2) is 25.2 Å². The summed E-state index contributed by atoms with van der Waals surface area (Å²) in [6.07, 6.45) is 6.02. The van der Waals surface area contributed by atoms with Gasteiger partial charge in [0, 0.05) is 0 Å². The van der Waals surface area contributed by atoms with Crippen molar-refractivity contribution in [2.75, 3.05) is 13.2 Å². The van der Waals surface area contributed by atoms with Gasteiger partial charge in [-0.15, -0.1) is 0 Å². The first-order chi connectivity index (χ1) is 11.7. The molecule has 0 aliphatic heterocycles. The van der Waals surface area contributed by atoms with Crippen molar-refractivity contribution >= 4 is 11.9 Å². The Morgan fingerprint density at radius 1 is 0.917 bits per heavy atom. The number of hydrogen-bond donors (Lipinski definition) is 0. The van der Waals surface area contributed by atoms with Crippen LogP contribution in [0, 0.1) is 5.92 Å². The van der Waals surface area contributed by atoms with Crippen molar-refractivity contribution in [1.29, 1.82) is 0 Å². The van der Waals surface area contributed by atoms with Gasteiger partial charge in [-0.2, -0.15) is 0 Å². The molecule has 0 unspecified atom stereocenters. The minimum atomic E-state index is -1.35. The van der Waals surface area contributed by atoms with E-state index in [-0.39, 0.29) is 19.1 Å². The summed E-state index contributed by atoms with van der Waals surface area (Å²) in [5.74, 6) is -1.02. The van der Waals surface area contributed by atoms with E-state index in [1.165, 1.54) is 0 Å². The summed E-state index contributed by atoms with van der Waals surface area (Å²) >= 11 is 0. The molecule has 2 rings (SSSR count). The Morgan fingerprint density at radius 3 is 1.88 bits per heavy atom. The van der Waals surface area contributed by atoms with Crippen LogP contribution in [0.3, 0.4) is 0 Å². The van der Waals surface area contributed by atoms with E-state index in [9.17, 15) is 9.59 Å². The molecule has 0 heterocycles. The van der Waals surface area contributed by atoms with Crippen molar-refractivity contribution in [2.24, 2.45) is 5.92 Å². The molecule has 1 aliphatic rings. The zero-order valence-electron chi connectivity index (χ0n) is 14.8. The second-order valence-electron chi connectivity index (χ2n) is 6.30. The number of esters is 2. The van der Waals surface area contributed by atoms with Gasteiger partial charge in [0.15, 0.2) is 5.41 Å². The Morgan fingerprint density at radius 2 is 1.42 bits per heavy atom. The zero-order valence-corrected chi connectivity index (χ0v) is 14.8. The first-order valence-electron chi connectivity index (χ1n) is 9.07. The molecule has 0 amide bonds. The van der Waals surface area contributed by atoms with Crippen LogP contribution in [0.1, 0.15) is 57.9 Å². The maximum atomic E-state index is 13.1. The molecule has 24 heavy (non-hydrogen) atoms. The number of ether oxygens (including phenoxy) is 2. The highest BCUT2D eigenvalue weighted by molar-refractivity contribution is 6.06. The lowest BCUT2D eigenvalue weighted by Crippen LogP contribution is -2.51. The molecule has 0 radical (unpaired) electrons. The Balaban J connectivity index is 2.57. The van der Waals surface area contributed by atoms with E-state index in [1.807, 2.05) is 30.3 Å². The lowest BCUT2D eigenvalue weighted by Gasteiger charge is -2.36. The van der Waals surface area contributed by atoms with Gasteiger partial charge in [-0.3, -0.25) is 9.59 Å². The third kappa shape index (κ3) is 3.63. The lowest BCUT2D eigenvalue weighted by atomic mass is 9.67. The number of benzene rings is 1. The molecule has 1 aromatic rings. The number of carbonyl (C=O) groups excluding carboxylic acids is 2. The van der Waals surface area contributed by atoms with Crippen molar-refractivity contribution in [3.8, 4) is 0 Å². The molecule has 0 aromatic heterocycles. The van der Waals surface area contributed by atoms with Gasteiger partial charge in [0.1, 0.15) is 0 Å². The summed E-state index contributed by atoms with van der Waals surface area (Å²) in [4.78, 5) is 26.1. The Bertz CT molecular complexity index is 512. The van der Waals surface area contributed by atoms with Crippen molar-refractivity contribution in [1.82, 2.24) is 0 Å². The molecule has 1 saturated carbocycles. The monoisotopic (exact) mass is 332 g/mol. The molecule has 0 saturated heterocycles. The summed E-state index contributed by atoms with van der Waals surface area (Å²) in [7, 11) is 0. The highest BCUT2D eigenvalue weighted by atomic mass is 16.6. The fraction of sp³-hybridized carbons (Fsp3) is 0.600. The van der Waals surface area contributed by atoms with E-state index in [1.54, 1.807) is 13.8 Å². The van der Waals surface area contributed by atoms with E-state index in [0.717, 1.165) is 38.5 Å². The number of rotatable bonds is 6. The van der Waals surface area contributed by atoms with Crippen molar-refractivity contribution in [3.05, 3.63) is 35.9 Å².